The summed E-state index contributed by atoms with van der Waals surface area (Å²) >= 11 is 1.61. The zero-order valence-electron chi connectivity index (χ0n) is 17.2. The molecule has 0 atom stereocenters. The lowest BCUT2D eigenvalue weighted by molar-refractivity contribution is -0.00518. The molecule has 2 aromatic rings. The van der Waals surface area contributed by atoms with Crippen LogP contribution in [0.1, 0.15) is 44.1 Å². The van der Waals surface area contributed by atoms with Gasteiger partial charge in [-0.25, -0.2) is 8.42 Å². The van der Waals surface area contributed by atoms with Crippen LogP contribution >= 0.6 is 11.8 Å². The highest BCUT2D eigenvalue weighted by molar-refractivity contribution is 7.98. The van der Waals surface area contributed by atoms with Crippen molar-refractivity contribution >= 4 is 27.5 Å². The number of hydrogen-bond acceptors (Lipinski definition) is 3. The molecule has 5 heteroatoms. The quantitative estimate of drug-likeness (QED) is 0.574. The molecule has 4 aliphatic rings. The van der Waals surface area contributed by atoms with Crippen LogP contribution in [0.2, 0.25) is 0 Å². The highest BCUT2D eigenvalue weighted by atomic mass is 32.2. The molecule has 4 fully saturated rings. The van der Waals surface area contributed by atoms with E-state index in [0.717, 1.165) is 28.3 Å². The van der Waals surface area contributed by atoms with Crippen LogP contribution in [0.3, 0.4) is 0 Å². The van der Waals surface area contributed by atoms with Gasteiger partial charge in [-0.1, -0.05) is 12.1 Å². The van der Waals surface area contributed by atoms with Gasteiger partial charge in [0.25, 0.3) is 10.0 Å². The highest BCUT2D eigenvalue weighted by Gasteiger charge is 2.51. The fourth-order valence-electron chi connectivity index (χ4n) is 6.53. The van der Waals surface area contributed by atoms with Crippen molar-refractivity contribution in [2.45, 2.75) is 53.7 Å². The largest absolute Gasteiger partial charge is 0.269 e. The van der Waals surface area contributed by atoms with Crippen LogP contribution in [0.5, 0.6) is 0 Å². The van der Waals surface area contributed by atoms with Gasteiger partial charge in [0.15, 0.2) is 0 Å². The summed E-state index contributed by atoms with van der Waals surface area (Å²) in [6.45, 7) is 0. The molecule has 29 heavy (non-hydrogen) atoms. The van der Waals surface area contributed by atoms with Crippen LogP contribution in [0.25, 0.3) is 0 Å². The lowest BCUT2D eigenvalue weighted by Crippen LogP contribution is -2.48. The van der Waals surface area contributed by atoms with E-state index in [1.54, 1.807) is 30.9 Å². The highest BCUT2D eigenvalue weighted by Crippen LogP contribution is 2.60. The zero-order valence-corrected chi connectivity index (χ0v) is 18.8. The molecule has 4 aliphatic carbocycles. The second-order valence-corrected chi connectivity index (χ2v) is 12.2. The Morgan fingerprint density at radius 1 is 0.862 bits per heavy atom. The summed E-state index contributed by atoms with van der Waals surface area (Å²) in [4.78, 5) is 1.40. The zero-order chi connectivity index (χ0) is 20.2. The number of anilines is 1. The standard InChI is InChI=1S/C24H29NO2S2/c1-25(29(26,27)23-9-7-22(28-2)8-10-23)21-5-3-20(4-6-21)24-14-17-11-18(15-24)13-19(12-17)16-24/h3-10,17-19H,11-16H2,1-2H3. The molecule has 0 spiro atoms. The first-order valence-electron chi connectivity index (χ1n) is 10.6. The maximum absolute atomic E-state index is 13.1. The van der Waals surface area contributed by atoms with Gasteiger partial charge in [-0.3, -0.25) is 4.31 Å². The van der Waals surface area contributed by atoms with E-state index in [-0.39, 0.29) is 0 Å². The molecule has 0 unspecified atom stereocenters. The summed E-state index contributed by atoms with van der Waals surface area (Å²) in [7, 11) is -1.90. The first kappa shape index (κ1) is 19.5. The van der Waals surface area contributed by atoms with Crippen LogP contribution in [0, 0.1) is 17.8 Å². The van der Waals surface area contributed by atoms with E-state index in [0.29, 0.717) is 10.3 Å². The molecule has 154 valence electrons. The number of benzene rings is 2. The second-order valence-electron chi connectivity index (χ2n) is 9.39. The Hall–Kier alpha value is -1.46. The molecule has 0 aromatic heterocycles. The van der Waals surface area contributed by atoms with Gasteiger partial charge in [-0.2, -0.15) is 0 Å². The van der Waals surface area contributed by atoms with Gasteiger partial charge >= 0.3 is 0 Å². The molecule has 0 aliphatic heterocycles. The van der Waals surface area contributed by atoms with Crippen LogP contribution in [-0.2, 0) is 15.4 Å². The Bertz CT molecular complexity index is 961. The van der Waals surface area contributed by atoms with Crippen molar-refractivity contribution in [3.63, 3.8) is 0 Å². The third-order valence-electron chi connectivity index (χ3n) is 7.60. The third-order valence-corrected chi connectivity index (χ3v) is 10.1. The Morgan fingerprint density at radius 2 is 1.38 bits per heavy atom. The SMILES string of the molecule is CSc1ccc(S(=O)(=O)N(C)c2ccc(C34CC5CC(CC(C5)C3)C4)cc2)cc1. The van der Waals surface area contributed by atoms with E-state index in [9.17, 15) is 8.42 Å². The fraction of sp³-hybridized carbons (Fsp3) is 0.500. The van der Waals surface area contributed by atoms with Crippen LogP contribution < -0.4 is 4.31 Å². The molecule has 4 bridgehead atoms. The number of nitrogens with zero attached hydrogens (tertiary/aromatic N) is 1. The van der Waals surface area contributed by atoms with Gasteiger partial charge in [-0.15, -0.1) is 11.8 Å². The number of sulfonamides is 1. The smallest absolute Gasteiger partial charge is 0.264 e. The van der Waals surface area contributed by atoms with Gasteiger partial charge < -0.3 is 0 Å². The molecule has 4 saturated carbocycles. The molecule has 0 radical (unpaired) electrons. The minimum absolute atomic E-state index is 0.336. The first-order chi connectivity index (χ1) is 13.9. The van der Waals surface area contributed by atoms with E-state index in [1.165, 1.54) is 48.4 Å². The van der Waals surface area contributed by atoms with E-state index in [4.69, 9.17) is 0 Å². The molecular formula is C24H29NO2S2. The van der Waals surface area contributed by atoms with Crippen molar-refractivity contribution in [1.29, 1.82) is 0 Å². The topological polar surface area (TPSA) is 37.4 Å². The lowest BCUT2D eigenvalue weighted by Gasteiger charge is -2.57. The van der Waals surface area contributed by atoms with E-state index >= 15 is 0 Å². The number of thioether (sulfide) groups is 1. The minimum Gasteiger partial charge on any atom is -0.269 e. The fourth-order valence-corrected chi connectivity index (χ4v) is 8.14. The monoisotopic (exact) mass is 427 g/mol. The predicted octanol–water partition coefficient (Wildman–Crippen LogP) is 5.70. The Kier molecular flexibility index (Phi) is 4.74. The van der Waals surface area contributed by atoms with Crippen LogP contribution in [0.15, 0.2) is 58.3 Å². The molecule has 2 aromatic carbocycles. The molecular weight excluding hydrogens is 398 g/mol. The van der Waals surface area contributed by atoms with Crippen LogP contribution in [-0.4, -0.2) is 21.7 Å². The Balaban J connectivity index is 1.40. The van der Waals surface area contributed by atoms with Crippen molar-refractivity contribution in [1.82, 2.24) is 0 Å². The summed E-state index contributed by atoms with van der Waals surface area (Å²) < 4.78 is 27.5. The van der Waals surface area contributed by atoms with Crippen molar-refractivity contribution in [3.8, 4) is 0 Å². The summed E-state index contributed by atoms with van der Waals surface area (Å²) in [5.41, 5.74) is 2.50. The summed E-state index contributed by atoms with van der Waals surface area (Å²) in [5.74, 6) is 2.73. The van der Waals surface area contributed by atoms with Gasteiger partial charge in [0.05, 0.1) is 10.6 Å². The normalized spacial score (nSPS) is 30.5. The van der Waals surface area contributed by atoms with Crippen LogP contribution in [0.4, 0.5) is 5.69 Å². The Labute approximate surface area is 178 Å². The molecule has 3 nitrogen and oxygen atoms in total. The van der Waals surface area contributed by atoms with E-state index in [1.807, 2.05) is 30.5 Å². The lowest BCUT2D eigenvalue weighted by atomic mass is 9.48. The average molecular weight is 428 g/mol. The predicted molar refractivity (Wildman–Crippen MR) is 120 cm³/mol. The summed E-state index contributed by atoms with van der Waals surface area (Å²) in [6, 6.07) is 15.5. The molecule has 0 N–H and O–H groups in total. The molecule has 0 heterocycles. The second kappa shape index (κ2) is 7.05. The minimum atomic E-state index is -3.55. The van der Waals surface area contributed by atoms with Gasteiger partial charge in [0.1, 0.15) is 0 Å². The average Bonchev–Trinajstić information content (AvgIpc) is 2.72. The molecule has 6 rings (SSSR count). The van der Waals surface area contributed by atoms with Gasteiger partial charge in [0, 0.05) is 11.9 Å². The van der Waals surface area contributed by atoms with Gasteiger partial charge in [0.2, 0.25) is 0 Å². The number of hydrogen-bond donors (Lipinski definition) is 0. The summed E-state index contributed by atoms with van der Waals surface area (Å²) in [5, 5.41) is 0. The van der Waals surface area contributed by atoms with Crippen molar-refractivity contribution in [2.75, 3.05) is 17.6 Å². The molecule has 0 saturated heterocycles. The van der Waals surface area contributed by atoms with Crippen molar-refractivity contribution in [2.24, 2.45) is 17.8 Å². The van der Waals surface area contributed by atoms with E-state index in [2.05, 4.69) is 12.1 Å². The maximum Gasteiger partial charge on any atom is 0.264 e. The van der Waals surface area contributed by atoms with Crippen molar-refractivity contribution < 1.29 is 8.42 Å². The maximum atomic E-state index is 13.1. The first-order valence-corrected chi connectivity index (χ1v) is 13.3. The Morgan fingerprint density at radius 3 is 1.86 bits per heavy atom. The third kappa shape index (κ3) is 3.31. The summed E-state index contributed by atoms with van der Waals surface area (Å²) in [6.07, 6.45) is 10.3. The van der Waals surface area contributed by atoms with Gasteiger partial charge in [-0.05, 0) is 110 Å². The molecule has 0 amide bonds. The van der Waals surface area contributed by atoms with E-state index < -0.39 is 10.0 Å². The van der Waals surface area contributed by atoms with Crippen molar-refractivity contribution in [3.05, 3.63) is 54.1 Å². The number of rotatable bonds is 5.